The molecule has 9 heteroatoms. The van der Waals surface area contributed by atoms with Gasteiger partial charge in [-0.1, -0.05) is 38.1 Å². The van der Waals surface area contributed by atoms with Crippen LogP contribution in [0.2, 0.25) is 0 Å². The summed E-state index contributed by atoms with van der Waals surface area (Å²) in [5.74, 6) is -0.939. The number of hydrogen-bond acceptors (Lipinski definition) is 5. The predicted octanol–water partition coefficient (Wildman–Crippen LogP) is 2.10. The molecule has 0 aliphatic carbocycles. The third-order valence-electron chi connectivity index (χ3n) is 4.98. The molecule has 31 heavy (non-hydrogen) atoms. The average Bonchev–Trinajstić information content (AvgIpc) is 2.78. The van der Waals surface area contributed by atoms with Gasteiger partial charge >= 0.3 is 0 Å². The summed E-state index contributed by atoms with van der Waals surface area (Å²) < 4.78 is 32.3. The quantitative estimate of drug-likeness (QED) is 0.679. The van der Waals surface area contributed by atoms with Crippen molar-refractivity contribution < 1.29 is 22.7 Å². The summed E-state index contributed by atoms with van der Waals surface area (Å²) in [5.41, 5.74) is 0.804. The number of rotatable bonds is 7. The van der Waals surface area contributed by atoms with Crippen molar-refractivity contribution in [3.05, 3.63) is 60.2 Å². The average molecular weight is 446 g/mol. The number of anilines is 1. The Morgan fingerprint density at radius 3 is 2.32 bits per heavy atom. The number of nitrogens with zero attached hydrogens (tertiary/aromatic N) is 1. The van der Waals surface area contributed by atoms with Gasteiger partial charge in [-0.3, -0.25) is 9.59 Å². The molecule has 0 radical (unpaired) electrons. The van der Waals surface area contributed by atoms with E-state index < -0.39 is 22.0 Å². The number of carbonyl (C=O) groups excluding carboxylic acids is 2. The molecule has 2 aromatic carbocycles. The van der Waals surface area contributed by atoms with Gasteiger partial charge in [0.2, 0.25) is 15.9 Å². The third-order valence-corrected chi connectivity index (χ3v) is 6.88. The van der Waals surface area contributed by atoms with Crippen LogP contribution in [0.5, 0.6) is 0 Å². The maximum Gasteiger partial charge on any atom is 0.251 e. The number of sulfonamides is 1. The Morgan fingerprint density at radius 1 is 1.00 bits per heavy atom. The first-order valence-corrected chi connectivity index (χ1v) is 11.6. The van der Waals surface area contributed by atoms with Crippen molar-refractivity contribution in [3.63, 3.8) is 0 Å². The molecule has 0 saturated carbocycles. The van der Waals surface area contributed by atoms with Gasteiger partial charge in [-0.25, -0.2) is 8.42 Å². The molecule has 2 amide bonds. The number of ether oxygens (including phenoxy) is 1. The lowest BCUT2D eigenvalue weighted by Gasteiger charge is -2.26. The van der Waals surface area contributed by atoms with Gasteiger partial charge in [0.1, 0.15) is 6.04 Å². The van der Waals surface area contributed by atoms with Crippen LogP contribution in [0.25, 0.3) is 0 Å². The second-order valence-corrected chi connectivity index (χ2v) is 9.53. The lowest BCUT2D eigenvalue weighted by molar-refractivity contribution is -0.118. The summed E-state index contributed by atoms with van der Waals surface area (Å²) in [6.45, 7) is 4.95. The molecule has 2 N–H and O–H groups in total. The molecular formula is C22H27N3O5S. The number of morpholine rings is 1. The Balaban J connectivity index is 1.73. The number of carbonyl (C=O) groups is 2. The van der Waals surface area contributed by atoms with E-state index in [2.05, 4.69) is 10.6 Å². The standard InChI is InChI=1S/C22H27N3O5S/c1-16(2)20(24-21(26)17-7-4-3-5-8-17)22(27)23-18-9-6-10-19(15-18)31(28,29)25-11-13-30-14-12-25/h3-10,15-16,20H,11-14H2,1-2H3,(H,23,27)(H,24,26)/t20-/m1/s1. The first-order valence-electron chi connectivity index (χ1n) is 10.1. The Labute approximate surface area is 182 Å². The number of nitrogens with one attached hydrogen (secondary N) is 2. The van der Waals surface area contributed by atoms with Crippen molar-refractivity contribution >= 4 is 27.5 Å². The van der Waals surface area contributed by atoms with Crippen LogP contribution in [-0.4, -0.2) is 56.9 Å². The van der Waals surface area contributed by atoms with E-state index in [4.69, 9.17) is 4.74 Å². The van der Waals surface area contributed by atoms with E-state index in [9.17, 15) is 18.0 Å². The molecule has 8 nitrogen and oxygen atoms in total. The topological polar surface area (TPSA) is 105 Å². The van der Waals surface area contributed by atoms with Crippen molar-refractivity contribution in [2.75, 3.05) is 31.6 Å². The van der Waals surface area contributed by atoms with Gasteiger partial charge in [-0.2, -0.15) is 4.31 Å². The van der Waals surface area contributed by atoms with E-state index in [0.29, 0.717) is 37.6 Å². The fraction of sp³-hybridized carbons (Fsp3) is 0.364. The molecule has 3 rings (SSSR count). The normalized spacial score (nSPS) is 16.0. The number of benzene rings is 2. The van der Waals surface area contributed by atoms with Crippen molar-refractivity contribution in [2.45, 2.75) is 24.8 Å². The second kappa shape index (κ2) is 10.0. The van der Waals surface area contributed by atoms with Crippen LogP contribution in [0.3, 0.4) is 0 Å². The van der Waals surface area contributed by atoms with E-state index in [1.54, 1.807) is 42.5 Å². The van der Waals surface area contributed by atoms with Crippen molar-refractivity contribution in [3.8, 4) is 0 Å². The van der Waals surface area contributed by atoms with Gasteiger partial charge in [0.25, 0.3) is 5.91 Å². The molecule has 0 spiro atoms. The molecule has 166 valence electrons. The Morgan fingerprint density at radius 2 is 1.68 bits per heavy atom. The molecule has 1 fully saturated rings. The lowest BCUT2D eigenvalue weighted by atomic mass is 10.0. The predicted molar refractivity (Wildman–Crippen MR) is 117 cm³/mol. The summed E-state index contributed by atoms with van der Waals surface area (Å²) in [7, 11) is -3.68. The van der Waals surface area contributed by atoms with Gasteiger partial charge < -0.3 is 15.4 Å². The van der Waals surface area contributed by atoms with Crippen molar-refractivity contribution in [1.29, 1.82) is 0 Å². The molecule has 1 saturated heterocycles. The van der Waals surface area contributed by atoms with E-state index in [1.165, 1.54) is 16.4 Å². The van der Waals surface area contributed by atoms with E-state index in [1.807, 2.05) is 13.8 Å². The molecule has 0 bridgehead atoms. The van der Waals surface area contributed by atoms with Crippen LogP contribution in [-0.2, 0) is 19.6 Å². The molecule has 1 aliphatic heterocycles. The highest BCUT2D eigenvalue weighted by Gasteiger charge is 2.28. The van der Waals surface area contributed by atoms with E-state index in [-0.39, 0.29) is 16.7 Å². The van der Waals surface area contributed by atoms with Gasteiger partial charge in [0, 0.05) is 24.3 Å². The molecule has 1 aliphatic rings. The highest BCUT2D eigenvalue weighted by atomic mass is 32.2. The van der Waals surface area contributed by atoms with Crippen molar-refractivity contribution in [1.82, 2.24) is 9.62 Å². The molecule has 1 heterocycles. The van der Waals surface area contributed by atoms with E-state index >= 15 is 0 Å². The fourth-order valence-corrected chi connectivity index (χ4v) is 4.69. The zero-order valence-corrected chi connectivity index (χ0v) is 18.4. The third kappa shape index (κ3) is 5.69. The molecule has 1 atom stereocenters. The SMILES string of the molecule is CC(C)[C@@H](NC(=O)c1ccccc1)C(=O)Nc1cccc(S(=O)(=O)N2CCOCC2)c1. The zero-order chi connectivity index (χ0) is 22.4. The lowest BCUT2D eigenvalue weighted by Crippen LogP contribution is -2.47. The van der Waals surface area contributed by atoms with Gasteiger partial charge in [0.15, 0.2) is 0 Å². The smallest absolute Gasteiger partial charge is 0.251 e. The summed E-state index contributed by atoms with van der Waals surface area (Å²) in [5, 5.41) is 5.49. The largest absolute Gasteiger partial charge is 0.379 e. The van der Waals surface area contributed by atoms with Crippen LogP contribution in [0, 0.1) is 5.92 Å². The summed E-state index contributed by atoms with van der Waals surface area (Å²) in [4.78, 5) is 25.5. The van der Waals surface area contributed by atoms with Gasteiger partial charge in [-0.15, -0.1) is 0 Å². The van der Waals surface area contributed by atoms with E-state index in [0.717, 1.165) is 0 Å². The molecule has 2 aromatic rings. The maximum atomic E-state index is 12.9. The zero-order valence-electron chi connectivity index (χ0n) is 17.6. The second-order valence-electron chi connectivity index (χ2n) is 7.59. The minimum Gasteiger partial charge on any atom is -0.379 e. The van der Waals surface area contributed by atoms with Crippen LogP contribution < -0.4 is 10.6 Å². The van der Waals surface area contributed by atoms with Crippen LogP contribution in [0.15, 0.2) is 59.5 Å². The van der Waals surface area contributed by atoms with Gasteiger partial charge in [-0.05, 0) is 36.2 Å². The molecular weight excluding hydrogens is 418 g/mol. The molecule has 0 unspecified atom stereocenters. The number of hydrogen-bond donors (Lipinski definition) is 2. The van der Waals surface area contributed by atoms with Crippen molar-refractivity contribution in [2.24, 2.45) is 5.92 Å². The minimum absolute atomic E-state index is 0.0987. The Hall–Kier alpha value is -2.75. The summed E-state index contributed by atoms with van der Waals surface area (Å²) in [6.07, 6.45) is 0. The number of amides is 2. The highest BCUT2D eigenvalue weighted by molar-refractivity contribution is 7.89. The summed E-state index contributed by atoms with van der Waals surface area (Å²) >= 11 is 0. The van der Waals surface area contributed by atoms with Crippen LogP contribution >= 0.6 is 0 Å². The maximum absolute atomic E-state index is 12.9. The molecule has 0 aromatic heterocycles. The highest BCUT2D eigenvalue weighted by Crippen LogP contribution is 2.21. The van der Waals surface area contributed by atoms with Gasteiger partial charge in [0.05, 0.1) is 18.1 Å². The minimum atomic E-state index is -3.68. The first kappa shape index (κ1) is 22.9. The summed E-state index contributed by atoms with van der Waals surface area (Å²) in [6, 6.07) is 14.0. The Kier molecular flexibility index (Phi) is 7.42. The van der Waals surface area contributed by atoms with Crippen LogP contribution in [0.1, 0.15) is 24.2 Å². The fourth-order valence-electron chi connectivity index (χ4n) is 3.24. The Bertz CT molecular complexity index is 1020. The first-order chi connectivity index (χ1) is 14.8. The monoisotopic (exact) mass is 445 g/mol. The van der Waals surface area contributed by atoms with Crippen LogP contribution in [0.4, 0.5) is 5.69 Å².